The molecule has 1 aliphatic rings. The maximum absolute atomic E-state index is 10.3. The van der Waals surface area contributed by atoms with Crippen molar-refractivity contribution in [2.45, 2.75) is 50.2 Å². The normalized spacial score (nSPS) is 15.5. The van der Waals surface area contributed by atoms with E-state index < -0.39 is 0 Å². The summed E-state index contributed by atoms with van der Waals surface area (Å²) < 4.78 is 8.47. The summed E-state index contributed by atoms with van der Waals surface area (Å²) in [6.45, 7) is 5.41. The first-order chi connectivity index (χ1) is 15.0. The molecule has 0 spiro atoms. The lowest BCUT2D eigenvalue weighted by Gasteiger charge is -2.21. The minimum atomic E-state index is 0.00501. The number of benzene rings is 2. The van der Waals surface area contributed by atoms with Crippen molar-refractivity contribution in [3.63, 3.8) is 0 Å². The Labute approximate surface area is 194 Å². The smallest absolute Gasteiger partial charge is 0.131 e. The summed E-state index contributed by atoms with van der Waals surface area (Å²) in [4.78, 5) is 5.69. The standard InChI is InChI=1S/C24H23ClN2O2S2/c1-14-9-19-22(29-12-18-13-30-15(2)26-18)8-7-20-23(19)24(31-14)21(11-28)27(20)10-16-3-5-17(25)6-4-16/h3-8,13-14,28H,9-12H2,1-2H3. The van der Waals surface area contributed by atoms with Gasteiger partial charge in [-0.3, -0.25) is 0 Å². The highest BCUT2D eigenvalue weighted by Gasteiger charge is 2.28. The van der Waals surface area contributed by atoms with Crippen LogP contribution in [0.25, 0.3) is 10.9 Å². The Hall–Kier alpha value is -1.99. The number of rotatable bonds is 6. The van der Waals surface area contributed by atoms with Gasteiger partial charge in [0, 0.05) is 38.0 Å². The van der Waals surface area contributed by atoms with Crippen LogP contribution in [0, 0.1) is 6.92 Å². The van der Waals surface area contributed by atoms with Crippen LogP contribution in [-0.2, 0) is 26.2 Å². The maximum atomic E-state index is 10.3. The fourth-order valence-corrected chi connectivity index (χ4v) is 6.27. The van der Waals surface area contributed by atoms with Crippen molar-refractivity contribution in [2.24, 2.45) is 0 Å². The highest BCUT2D eigenvalue weighted by atomic mass is 35.5. The Morgan fingerprint density at radius 1 is 1.23 bits per heavy atom. The minimum absolute atomic E-state index is 0.00501. The van der Waals surface area contributed by atoms with Gasteiger partial charge in [0.25, 0.3) is 0 Å². The van der Waals surface area contributed by atoms with E-state index in [9.17, 15) is 5.11 Å². The first-order valence-corrected chi connectivity index (χ1v) is 12.4. The van der Waals surface area contributed by atoms with E-state index in [2.05, 4.69) is 34.0 Å². The molecule has 4 nitrogen and oxygen atoms in total. The average Bonchev–Trinajstić information content (AvgIpc) is 3.30. The highest BCUT2D eigenvalue weighted by Crippen LogP contribution is 2.47. The van der Waals surface area contributed by atoms with Gasteiger partial charge in [-0.25, -0.2) is 4.98 Å². The predicted molar refractivity (Wildman–Crippen MR) is 129 cm³/mol. The molecule has 4 aromatic rings. The Bertz CT molecular complexity index is 1250. The van der Waals surface area contributed by atoms with E-state index in [1.165, 1.54) is 15.8 Å². The second-order valence-electron chi connectivity index (χ2n) is 7.86. The number of hydrogen-bond donors (Lipinski definition) is 1. The second-order valence-corrected chi connectivity index (χ2v) is 10.8. The molecule has 1 unspecified atom stereocenters. The van der Waals surface area contributed by atoms with Crippen LogP contribution in [0.4, 0.5) is 0 Å². The molecule has 0 amide bonds. The fourth-order valence-electron chi connectivity index (χ4n) is 4.24. The molecule has 3 heterocycles. The summed E-state index contributed by atoms with van der Waals surface area (Å²) in [6, 6.07) is 12.1. The molecule has 0 aliphatic carbocycles. The van der Waals surface area contributed by atoms with Gasteiger partial charge >= 0.3 is 0 Å². The summed E-state index contributed by atoms with van der Waals surface area (Å²) in [5.41, 5.74) is 5.45. The Balaban J connectivity index is 1.58. The highest BCUT2D eigenvalue weighted by molar-refractivity contribution is 8.00. The lowest BCUT2D eigenvalue weighted by atomic mass is 10.0. The zero-order chi connectivity index (χ0) is 21.5. The first-order valence-electron chi connectivity index (χ1n) is 10.3. The van der Waals surface area contributed by atoms with Crippen molar-refractivity contribution >= 4 is 45.6 Å². The van der Waals surface area contributed by atoms with Gasteiger partial charge in [0.1, 0.15) is 12.4 Å². The number of thioether (sulfide) groups is 1. The van der Waals surface area contributed by atoms with E-state index in [4.69, 9.17) is 16.3 Å². The van der Waals surface area contributed by atoms with Crippen LogP contribution < -0.4 is 4.74 Å². The summed E-state index contributed by atoms with van der Waals surface area (Å²) in [5.74, 6) is 0.916. The Kier molecular flexibility index (Phi) is 5.73. The van der Waals surface area contributed by atoms with E-state index in [-0.39, 0.29) is 6.61 Å². The second kappa shape index (κ2) is 8.51. The van der Waals surface area contributed by atoms with Gasteiger partial charge in [-0.1, -0.05) is 30.7 Å². The number of hydrogen-bond acceptors (Lipinski definition) is 5. The molecule has 0 radical (unpaired) electrons. The van der Waals surface area contributed by atoms with E-state index in [1.807, 2.05) is 43.0 Å². The van der Waals surface area contributed by atoms with Gasteiger partial charge in [-0.2, -0.15) is 0 Å². The van der Waals surface area contributed by atoms with Crippen LogP contribution in [0.5, 0.6) is 5.75 Å². The van der Waals surface area contributed by atoms with E-state index in [0.29, 0.717) is 18.4 Å². The minimum Gasteiger partial charge on any atom is -0.487 e. The number of aryl methyl sites for hydroxylation is 1. The van der Waals surface area contributed by atoms with Gasteiger partial charge in [-0.05, 0) is 43.2 Å². The van der Waals surface area contributed by atoms with E-state index in [1.54, 1.807) is 11.3 Å². The van der Waals surface area contributed by atoms with Crippen LogP contribution in [0.3, 0.4) is 0 Å². The van der Waals surface area contributed by atoms with Gasteiger partial charge in [0.2, 0.25) is 0 Å². The molecule has 0 saturated heterocycles. The van der Waals surface area contributed by atoms with Gasteiger partial charge in [-0.15, -0.1) is 23.1 Å². The van der Waals surface area contributed by atoms with Crippen molar-refractivity contribution in [3.8, 4) is 5.75 Å². The summed E-state index contributed by atoms with van der Waals surface area (Å²) in [5, 5.41) is 15.7. The molecule has 0 fully saturated rings. The largest absolute Gasteiger partial charge is 0.487 e. The van der Waals surface area contributed by atoms with Crippen LogP contribution in [0.2, 0.25) is 5.02 Å². The van der Waals surface area contributed by atoms with Crippen molar-refractivity contribution < 1.29 is 9.84 Å². The number of nitrogens with zero attached hydrogens (tertiary/aromatic N) is 2. The Morgan fingerprint density at radius 2 is 2.03 bits per heavy atom. The van der Waals surface area contributed by atoms with E-state index in [0.717, 1.165) is 44.7 Å². The van der Waals surface area contributed by atoms with Crippen LogP contribution in [0.1, 0.15) is 34.4 Å². The number of thiazole rings is 1. The third-order valence-electron chi connectivity index (χ3n) is 5.61. The molecule has 2 aromatic heterocycles. The summed E-state index contributed by atoms with van der Waals surface area (Å²) in [7, 11) is 0. The van der Waals surface area contributed by atoms with Crippen LogP contribution in [-0.4, -0.2) is 19.9 Å². The molecular formula is C24H23ClN2O2S2. The molecule has 160 valence electrons. The number of aliphatic hydroxyl groups is 1. The summed E-state index contributed by atoms with van der Waals surface area (Å²) >= 11 is 9.55. The molecule has 1 N–H and O–H groups in total. The average molecular weight is 471 g/mol. The van der Waals surface area contributed by atoms with Crippen molar-refractivity contribution in [1.82, 2.24) is 9.55 Å². The van der Waals surface area contributed by atoms with Crippen molar-refractivity contribution in [1.29, 1.82) is 0 Å². The molecule has 2 aromatic carbocycles. The number of ether oxygens (including phenoxy) is 1. The quantitative estimate of drug-likeness (QED) is 0.363. The third-order valence-corrected chi connectivity index (χ3v) is 7.93. The maximum Gasteiger partial charge on any atom is 0.131 e. The molecule has 1 atom stereocenters. The molecule has 5 rings (SSSR count). The number of aromatic nitrogens is 2. The van der Waals surface area contributed by atoms with Gasteiger partial charge in [0.05, 0.1) is 28.5 Å². The van der Waals surface area contributed by atoms with Gasteiger partial charge in [0.15, 0.2) is 0 Å². The van der Waals surface area contributed by atoms with Crippen molar-refractivity contribution in [3.05, 3.63) is 74.3 Å². The molecule has 31 heavy (non-hydrogen) atoms. The zero-order valence-corrected chi connectivity index (χ0v) is 19.8. The molecule has 7 heteroatoms. The fraction of sp³-hybridized carbons (Fsp3) is 0.292. The molecule has 0 bridgehead atoms. The topological polar surface area (TPSA) is 47.3 Å². The van der Waals surface area contributed by atoms with Crippen molar-refractivity contribution in [2.75, 3.05) is 0 Å². The lowest BCUT2D eigenvalue weighted by molar-refractivity contribution is 0.269. The molecular weight excluding hydrogens is 448 g/mol. The van der Waals surface area contributed by atoms with Crippen LogP contribution in [0.15, 0.2) is 46.7 Å². The van der Waals surface area contributed by atoms with E-state index >= 15 is 0 Å². The van der Waals surface area contributed by atoms with Gasteiger partial charge < -0.3 is 14.4 Å². The summed E-state index contributed by atoms with van der Waals surface area (Å²) in [6.07, 6.45) is 0.941. The molecule has 0 saturated carbocycles. The third kappa shape index (κ3) is 3.98. The van der Waals surface area contributed by atoms with Crippen LogP contribution >= 0.6 is 34.7 Å². The predicted octanol–water partition coefficient (Wildman–Crippen LogP) is 6.22. The zero-order valence-electron chi connectivity index (χ0n) is 17.4. The number of aliphatic hydroxyl groups excluding tert-OH is 1. The monoisotopic (exact) mass is 470 g/mol. The molecule has 1 aliphatic heterocycles. The first kappa shape index (κ1) is 20.9. The Morgan fingerprint density at radius 3 is 2.74 bits per heavy atom. The number of halogens is 1. The lowest BCUT2D eigenvalue weighted by Crippen LogP contribution is -2.09. The SMILES string of the molecule is Cc1nc(COc2ccc3c4c2CC(C)Sc4c(CO)n3Cc2ccc(Cl)cc2)cs1.